The Hall–Kier alpha value is -2.14. The smallest absolute Gasteiger partial charge is 0.222 e. The van der Waals surface area contributed by atoms with Gasteiger partial charge in [0.25, 0.3) is 0 Å². The molecule has 0 saturated carbocycles. The van der Waals surface area contributed by atoms with E-state index in [2.05, 4.69) is 51.0 Å². The van der Waals surface area contributed by atoms with Crippen LogP contribution in [-0.4, -0.2) is 51.9 Å². The Bertz CT molecular complexity index is 755. The number of nitrogens with zero attached hydrogens (tertiary/aromatic N) is 3. The Balaban J connectivity index is 1.38. The maximum atomic E-state index is 12.5. The van der Waals surface area contributed by atoms with Crippen molar-refractivity contribution in [2.75, 3.05) is 26.2 Å². The molecule has 2 aliphatic heterocycles. The Morgan fingerprint density at radius 1 is 1.19 bits per heavy atom. The lowest BCUT2D eigenvalue weighted by Crippen LogP contribution is -2.54. The van der Waals surface area contributed by atoms with Gasteiger partial charge in [-0.2, -0.15) is 0 Å². The van der Waals surface area contributed by atoms with Gasteiger partial charge in [-0.25, -0.2) is 4.98 Å². The maximum Gasteiger partial charge on any atom is 0.222 e. The molecule has 27 heavy (non-hydrogen) atoms. The van der Waals surface area contributed by atoms with Gasteiger partial charge in [0.05, 0.1) is 6.33 Å². The summed E-state index contributed by atoms with van der Waals surface area (Å²) in [5, 5.41) is 0. The molecule has 1 aromatic heterocycles. The highest BCUT2D eigenvalue weighted by Crippen LogP contribution is 2.39. The van der Waals surface area contributed by atoms with Crippen molar-refractivity contribution >= 4 is 5.91 Å². The Labute approximate surface area is 161 Å². The Morgan fingerprint density at radius 2 is 2.04 bits per heavy atom. The predicted octanol–water partition coefficient (Wildman–Crippen LogP) is 3.17. The van der Waals surface area contributed by atoms with Gasteiger partial charge >= 0.3 is 0 Å². The number of likely N-dealkylation sites (tertiary alicyclic amines) is 2. The lowest BCUT2D eigenvalue weighted by molar-refractivity contribution is -0.139. The molecule has 0 bridgehead atoms. The molecule has 3 heterocycles. The number of nitrogens with one attached hydrogen (secondary N) is 1. The highest BCUT2D eigenvalue weighted by Gasteiger charge is 2.41. The summed E-state index contributed by atoms with van der Waals surface area (Å²) in [4.78, 5) is 24.4. The van der Waals surface area contributed by atoms with E-state index in [1.165, 1.54) is 24.0 Å². The van der Waals surface area contributed by atoms with Gasteiger partial charge in [-0.05, 0) is 38.3 Å². The second-order valence-corrected chi connectivity index (χ2v) is 8.44. The number of rotatable bonds is 5. The van der Waals surface area contributed by atoms with Gasteiger partial charge in [0, 0.05) is 56.3 Å². The Morgan fingerprint density at radius 3 is 2.81 bits per heavy atom. The highest BCUT2D eigenvalue weighted by atomic mass is 16.2. The zero-order valence-corrected chi connectivity index (χ0v) is 16.3. The number of hydrogen-bond donors (Lipinski definition) is 1. The summed E-state index contributed by atoms with van der Waals surface area (Å²) >= 11 is 0. The number of benzene rings is 1. The number of H-pyrrole nitrogens is 1. The molecule has 2 aromatic rings. The second kappa shape index (κ2) is 7.85. The monoisotopic (exact) mass is 366 g/mol. The summed E-state index contributed by atoms with van der Waals surface area (Å²) in [6, 6.07) is 8.90. The van der Waals surface area contributed by atoms with Crippen LogP contribution >= 0.6 is 0 Å². The zero-order valence-electron chi connectivity index (χ0n) is 16.3. The number of piperidine rings is 2. The van der Waals surface area contributed by atoms with Gasteiger partial charge < -0.3 is 9.88 Å². The van der Waals surface area contributed by atoms with Gasteiger partial charge in [-0.15, -0.1) is 0 Å². The van der Waals surface area contributed by atoms with Crippen molar-refractivity contribution in [2.45, 2.75) is 45.6 Å². The molecular formula is C22H30N4O. The minimum absolute atomic E-state index is 0.269. The van der Waals surface area contributed by atoms with Crippen LogP contribution in [0.2, 0.25) is 0 Å². The van der Waals surface area contributed by atoms with Crippen molar-refractivity contribution in [3.05, 3.63) is 53.6 Å². The molecule has 5 heteroatoms. The maximum absolute atomic E-state index is 12.5. The van der Waals surface area contributed by atoms with Crippen molar-refractivity contribution in [3.8, 4) is 0 Å². The van der Waals surface area contributed by atoms with Crippen molar-refractivity contribution < 1.29 is 4.79 Å². The van der Waals surface area contributed by atoms with Gasteiger partial charge in [0.15, 0.2) is 0 Å². The van der Waals surface area contributed by atoms with Crippen LogP contribution in [0.4, 0.5) is 0 Å². The fourth-order valence-electron chi connectivity index (χ4n) is 4.71. The molecule has 2 fully saturated rings. The number of imidazole rings is 1. The van der Waals surface area contributed by atoms with E-state index >= 15 is 0 Å². The summed E-state index contributed by atoms with van der Waals surface area (Å²) in [6.45, 7) is 7.12. The van der Waals surface area contributed by atoms with Gasteiger partial charge in [-0.1, -0.05) is 29.8 Å². The second-order valence-electron chi connectivity index (χ2n) is 8.44. The Kier molecular flexibility index (Phi) is 5.30. The first-order valence-electron chi connectivity index (χ1n) is 10.1. The molecule has 2 saturated heterocycles. The molecule has 0 aliphatic carbocycles. The third-order valence-corrected chi connectivity index (χ3v) is 6.22. The standard InChI is InChI=1S/C22H30N4O/c1-18-3-5-19(6-4-18)14-25-11-2-9-22(15-25)10-7-21(27)26(16-22)12-8-20-13-23-17-24-20/h3-6,13,17H,2,7-12,14-16H2,1H3,(H,23,24)/t22-/m1/s1. The molecule has 1 atom stereocenters. The molecule has 5 nitrogen and oxygen atoms in total. The number of aromatic amines is 1. The normalized spacial score (nSPS) is 23.9. The highest BCUT2D eigenvalue weighted by molar-refractivity contribution is 5.77. The molecule has 1 N–H and O–H groups in total. The summed E-state index contributed by atoms with van der Waals surface area (Å²) in [7, 11) is 0. The van der Waals surface area contributed by atoms with Crippen LogP contribution in [0.3, 0.4) is 0 Å². The summed E-state index contributed by atoms with van der Waals surface area (Å²) < 4.78 is 0. The average molecular weight is 367 g/mol. The van der Waals surface area contributed by atoms with Gasteiger partial charge in [0.1, 0.15) is 0 Å². The molecule has 1 spiro atoms. The average Bonchev–Trinajstić information content (AvgIpc) is 3.19. The topological polar surface area (TPSA) is 52.2 Å². The number of hydrogen-bond acceptors (Lipinski definition) is 3. The van der Waals surface area contributed by atoms with Crippen LogP contribution in [0.1, 0.15) is 42.5 Å². The third-order valence-electron chi connectivity index (χ3n) is 6.22. The third kappa shape index (κ3) is 4.41. The van der Waals surface area contributed by atoms with Crippen LogP contribution in [-0.2, 0) is 17.8 Å². The van der Waals surface area contributed by atoms with E-state index in [9.17, 15) is 4.79 Å². The largest absolute Gasteiger partial charge is 0.348 e. The molecule has 2 aliphatic rings. The summed E-state index contributed by atoms with van der Waals surface area (Å²) in [5.41, 5.74) is 4.07. The number of carbonyl (C=O) groups excluding carboxylic acids is 1. The molecular weight excluding hydrogens is 336 g/mol. The fraction of sp³-hybridized carbons (Fsp3) is 0.545. The zero-order chi connectivity index (χ0) is 18.7. The van der Waals surface area contributed by atoms with Crippen molar-refractivity contribution in [1.29, 1.82) is 0 Å². The van der Waals surface area contributed by atoms with Crippen molar-refractivity contribution in [2.24, 2.45) is 5.41 Å². The predicted molar refractivity (Wildman–Crippen MR) is 106 cm³/mol. The summed E-state index contributed by atoms with van der Waals surface area (Å²) in [6.07, 6.45) is 8.62. The molecule has 0 unspecified atom stereocenters. The van der Waals surface area contributed by atoms with E-state index in [4.69, 9.17) is 0 Å². The van der Waals surface area contributed by atoms with Gasteiger partial charge in [0.2, 0.25) is 5.91 Å². The minimum atomic E-state index is 0.269. The van der Waals surface area contributed by atoms with E-state index in [0.717, 1.165) is 51.3 Å². The van der Waals surface area contributed by atoms with Crippen LogP contribution in [0.25, 0.3) is 0 Å². The molecule has 0 radical (unpaired) electrons. The quantitative estimate of drug-likeness (QED) is 0.884. The fourth-order valence-corrected chi connectivity index (χ4v) is 4.71. The van der Waals surface area contributed by atoms with Crippen molar-refractivity contribution in [3.63, 3.8) is 0 Å². The van der Waals surface area contributed by atoms with Crippen LogP contribution in [0, 0.1) is 12.3 Å². The minimum Gasteiger partial charge on any atom is -0.348 e. The van der Waals surface area contributed by atoms with Crippen molar-refractivity contribution in [1.82, 2.24) is 19.8 Å². The van der Waals surface area contributed by atoms with Crippen LogP contribution < -0.4 is 0 Å². The van der Waals surface area contributed by atoms with E-state index in [-0.39, 0.29) is 5.41 Å². The molecule has 144 valence electrons. The van der Waals surface area contributed by atoms with E-state index < -0.39 is 0 Å². The van der Waals surface area contributed by atoms with E-state index in [1.807, 2.05) is 6.20 Å². The SMILES string of the molecule is Cc1ccc(CN2CCC[C@@]3(CCC(=O)N(CCc4cnc[nH]4)C3)C2)cc1. The van der Waals surface area contributed by atoms with E-state index in [0.29, 0.717) is 12.3 Å². The number of aromatic nitrogens is 2. The lowest BCUT2D eigenvalue weighted by Gasteiger charge is -2.48. The van der Waals surface area contributed by atoms with Crippen LogP contribution in [0.15, 0.2) is 36.8 Å². The number of aryl methyl sites for hydroxylation is 1. The molecule has 4 rings (SSSR count). The first-order chi connectivity index (χ1) is 13.1. The van der Waals surface area contributed by atoms with Crippen LogP contribution in [0.5, 0.6) is 0 Å². The summed E-state index contributed by atoms with van der Waals surface area (Å²) in [5.74, 6) is 0.316. The molecule has 1 aromatic carbocycles. The molecule has 1 amide bonds. The number of carbonyl (C=O) groups is 1. The first kappa shape index (κ1) is 18.2. The number of amides is 1. The van der Waals surface area contributed by atoms with Gasteiger partial charge in [-0.3, -0.25) is 9.69 Å². The van der Waals surface area contributed by atoms with E-state index in [1.54, 1.807) is 6.33 Å². The first-order valence-corrected chi connectivity index (χ1v) is 10.1. The lowest BCUT2D eigenvalue weighted by atomic mass is 9.73.